The molecule has 112 valence electrons. The average molecular weight is 314 g/mol. The zero-order valence-electron chi connectivity index (χ0n) is 11.9. The smallest absolute Gasteiger partial charge is 0.274 e. The third-order valence-electron chi connectivity index (χ3n) is 3.22. The summed E-state index contributed by atoms with van der Waals surface area (Å²) in [6, 6.07) is 7.30. The molecule has 3 rings (SSSR count). The van der Waals surface area contributed by atoms with Crippen molar-refractivity contribution in [2.75, 3.05) is 6.54 Å². The van der Waals surface area contributed by atoms with Crippen LogP contribution in [-0.4, -0.2) is 27.2 Å². The lowest BCUT2D eigenvalue weighted by molar-refractivity contribution is 0.0947. The van der Waals surface area contributed by atoms with Gasteiger partial charge in [-0.25, -0.2) is 9.67 Å². The van der Waals surface area contributed by atoms with Crippen molar-refractivity contribution in [1.82, 2.24) is 20.1 Å². The quantitative estimate of drug-likeness (QED) is 0.793. The van der Waals surface area contributed by atoms with Gasteiger partial charge in [0, 0.05) is 17.3 Å². The largest absolute Gasteiger partial charge is 0.349 e. The Balaban J connectivity index is 1.68. The normalized spacial score (nSPS) is 10.8. The van der Waals surface area contributed by atoms with E-state index in [1.54, 1.807) is 17.6 Å². The summed E-state index contributed by atoms with van der Waals surface area (Å²) in [7, 11) is 0. The first kappa shape index (κ1) is 14.4. The van der Waals surface area contributed by atoms with Gasteiger partial charge in [-0.1, -0.05) is 18.2 Å². The molecule has 6 nitrogen and oxygen atoms in total. The predicted molar refractivity (Wildman–Crippen MR) is 85.2 cm³/mol. The molecule has 0 bridgehead atoms. The van der Waals surface area contributed by atoms with E-state index in [0.717, 1.165) is 10.4 Å². The number of hydrogen-bond donors (Lipinski definition) is 1. The van der Waals surface area contributed by atoms with Gasteiger partial charge in [0.2, 0.25) is 0 Å². The van der Waals surface area contributed by atoms with Crippen LogP contribution in [-0.2, 0) is 6.54 Å². The number of aryl methyl sites for hydroxylation is 1. The van der Waals surface area contributed by atoms with E-state index in [1.165, 1.54) is 16.0 Å². The second kappa shape index (κ2) is 6.07. The molecular formula is C15H14N4O2S. The van der Waals surface area contributed by atoms with Crippen molar-refractivity contribution in [3.63, 3.8) is 0 Å². The van der Waals surface area contributed by atoms with E-state index in [9.17, 15) is 9.59 Å². The maximum atomic E-state index is 12.3. The predicted octanol–water partition coefficient (Wildman–Crippen LogP) is 1.59. The minimum atomic E-state index is -0.238. The number of nitrogens with one attached hydrogen (secondary N) is 1. The van der Waals surface area contributed by atoms with E-state index >= 15 is 0 Å². The van der Waals surface area contributed by atoms with E-state index < -0.39 is 0 Å². The summed E-state index contributed by atoms with van der Waals surface area (Å²) in [5.74, 6) is -0.238. The summed E-state index contributed by atoms with van der Waals surface area (Å²) in [4.78, 5) is 28.2. The first-order chi connectivity index (χ1) is 10.6. The number of thiazole rings is 1. The molecule has 0 saturated heterocycles. The number of benzene rings is 1. The highest BCUT2D eigenvalue weighted by molar-refractivity contribution is 7.09. The van der Waals surface area contributed by atoms with Crippen LogP contribution < -0.4 is 10.9 Å². The molecule has 1 aromatic carbocycles. The lowest BCUT2D eigenvalue weighted by Crippen LogP contribution is -2.32. The molecule has 0 saturated carbocycles. The summed E-state index contributed by atoms with van der Waals surface area (Å²) >= 11 is 1.43. The Morgan fingerprint density at radius 3 is 2.95 bits per heavy atom. The molecule has 22 heavy (non-hydrogen) atoms. The van der Waals surface area contributed by atoms with Crippen LogP contribution in [0.4, 0.5) is 0 Å². The van der Waals surface area contributed by atoms with Gasteiger partial charge in [-0.05, 0) is 13.0 Å². The number of amides is 1. The van der Waals surface area contributed by atoms with Gasteiger partial charge in [0.05, 0.1) is 23.1 Å². The Hall–Kier alpha value is -2.54. The molecule has 0 spiro atoms. The molecule has 2 heterocycles. The number of fused-ring (bicyclic) bond motifs is 1. The third kappa shape index (κ3) is 2.89. The fraction of sp³-hybridized carbons (Fsp3) is 0.200. The van der Waals surface area contributed by atoms with Crippen molar-refractivity contribution < 1.29 is 4.79 Å². The monoisotopic (exact) mass is 314 g/mol. The van der Waals surface area contributed by atoms with Crippen molar-refractivity contribution in [2.24, 2.45) is 0 Å². The molecule has 7 heteroatoms. The maximum Gasteiger partial charge on any atom is 0.274 e. The average Bonchev–Trinajstić information content (AvgIpc) is 2.96. The molecule has 3 aromatic rings. The molecule has 2 aromatic heterocycles. The van der Waals surface area contributed by atoms with Crippen molar-refractivity contribution in [3.8, 4) is 0 Å². The molecule has 0 atom stereocenters. The number of rotatable bonds is 4. The van der Waals surface area contributed by atoms with Crippen molar-refractivity contribution >= 4 is 28.0 Å². The van der Waals surface area contributed by atoms with Gasteiger partial charge in [-0.15, -0.1) is 11.3 Å². The molecule has 1 amide bonds. The molecule has 0 aliphatic heterocycles. The van der Waals surface area contributed by atoms with Crippen LogP contribution in [0.1, 0.15) is 15.5 Å². The first-order valence-electron chi connectivity index (χ1n) is 6.80. The van der Waals surface area contributed by atoms with Crippen LogP contribution in [0.2, 0.25) is 0 Å². The summed E-state index contributed by atoms with van der Waals surface area (Å²) in [5.41, 5.74) is 0.248. The standard InChI is InChI=1S/C15H14N4O2S/c1-10-18-13(9-22-10)14(20)16-6-7-19-15(21)12-5-3-2-4-11(12)8-17-19/h2-5,8-9H,6-7H2,1H3,(H,16,20). The number of nitrogens with zero attached hydrogens (tertiary/aromatic N) is 3. The Morgan fingerprint density at radius 2 is 2.18 bits per heavy atom. The van der Waals surface area contributed by atoms with Gasteiger partial charge in [0.1, 0.15) is 5.69 Å². The highest BCUT2D eigenvalue weighted by atomic mass is 32.1. The summed E-state index contributed by atoms with van der Waals surface area (Å²) < 4.78 is 1.36. The Bertz CT molecular complexity index is 884. The second-order valence-electron chi connectivity index (χ2n) is 4.77. The number of hydrogen-bond acceptors (Lipinski definition) is 5. The molecule has 0 aliphatic rings. The van der Waals surface area contributed by atoms with Gasteiger partial charge < -0.3 is 5.32 Å². The van der Waals surface area contributed by atoms with Crippen LogP contribution in [0.25, 0.3) is 10.8 Å². The molecule has 0 aliphatic carbocycles. The number of carbonyl (C=O) groups excluding carboxylic acids is 1. The Labute approximate surface area is 130 Å². The van der Waals surface area contributed by atoms with Crippen LogP contribution >= 0.6 is 11.3 Å². The van der Waals surface area contributed by atoms with Crippen LogP contribution in [0.15, 0.2) is 40.6 Å². The van der Waals surface area contributed by atoms with Crippen LogP contribution in [0.3, 0.4) is 0 Å². The van der Waals surface area contributed by atoms with E-state index in [1.807, 2.05) is 25.1 Å². The fourth-order valence-corrected chi connectivity index (χ4v) is 2.71. The van der Waals surface area contributed by atoms with Gasteiger partial charge >= 0.3 is 0 Å². The SMILES string of the molecule is Cc1nc(C(=O)NCCn2ncc3ccccc3c2=O)cs1. The topological polar surface area (TPSA) is 76.9 Å². The minimum absolute atomic E-state index is 0.156. The van der Waals surface area contributed by atoms with Gasteiger partial charge in [-0.3, -0.25) is 9.59 Å². The number of aromatic nitrogens is 3. The zero-order chi connectivity index (χ0) is 15.5. The highest BCUT2D eigenvalue weighted by Crippen LogP contribution is 2.07. The lowest BCUT2D eigenvalue weighted by atomic mass is 10.2. The minimum Gasteiger partial charge on any atom is -0.349 e. The molecule has 0 fully saturated rings. The lowest BCUT2D eigenvalue weighted by Gasteiger charge is -2.06. The van der Waals surface area contributed by atoms with Crippen molar-refractivity contribution in [1.29, 1.82) is 0 Å². The molecule has 0 radical (unpaired) electrons. The number of carbonyl (C=O) groups is 1. The summed E-state index contributed by atoms with van der Waals surface area (Å²) in [5, 5.41) is 10.9. The van der Waals surface area contributed by atoms with Gasteiger partial charge in [-0.2, -0.15) is 5.10 Å². The first-order valence-corrected chi connectivity index (χ1v) is 7.68. The fourth-order valence-electron chi connectivity index (χ4n) is 2.12. The molecule has 0 unspecified atom stereocenters. The summed E-state index contributed by atoms with van der Waals surface area (Å²) in [6.07, 6.45) is 1.66. The summed E-state index contributed by atoms with van der Waals surface area (Å²) in [6.45, 7) is 2.49. The van der Waals surface area contributed by atoms with E-state index in [2.05, 4.69) is 15.4 Å². The van der Waals surface area contributed by atoms with Crippen molar-refractivity contribution in [3.05, 3.63) is 56.9 Å². The van der Waals surface area contributed by atoms with Crippen LogP contribution in [0, 0.1) is 6.92 Å². The van der Waals surface area contributed by atoms with Crippen LogP contribution in [0.5, 0.6) is 0 Å². The van der Waals surface area contributed by atoms with Gasteiger partial charge in [0.15, 0.2) is 0 Å². The van der Waals surface area contributed by atoms with E-state index in [-0.39, 0.29) is 11.5 Å². The highest BCUT2D eigenvalue weighted by Gasteiger charge is 2.09. The maximum absolute atomic E-state index is 12.3. The Kier molecular flexibility index (Phi) is 3.97. The van der Waals surface area contributed by atoms with E-state index in [0.29, 0.717) is 24.2 Å². The molecular weight excluding hydrogens is 300 g/mol. The van der Waals surface area contributed by atoms with Gasteiger partial charge in [0.25, 0.3) is 11.5 Å². The zero-order valence-corrected chi connectivity index (χ0v) is 12.8. The Morgan fingerprint density at radius 1 is 1.36 bits per heavy atom. The van der Waals surface area contributed by atoms with E-state index in [4.69, 9.17) is 0 Å². The molecule has 1 N–H and O–H groups in total. The van der Waals surface area contributed by atoms with Crippen molar-refractivity contribution in [2.45, 2.75) is 13.5 Å². The third-order valence-corrected chi connectivity index (χ3v) is 4.00. The second-order valence-corrected chi connectivity index (χ2v) is 5.83.